The number of aromatic nitrogens is 4. The molecule has 6 heteroatoms. The Balaban J connectivity index is 2.31. The highest BCUT2D eigenvalue weighted by Gasteiger charge is 2.14. The molecule has 0 aliphatic heterocycles. The molecule has 0 spiro atoms. The summed E-state index contributed by atoms with van der Waals surface area (Å²) in [5.74, 6) is 0.695. The predicted octanol–water partition coefficient (Wildman–Crippen LogP) is 0.546. The minimum Gasteiger partial charge on any atom is -0.389 e. The Bertz CT molecular complexity index is 499. The monoisotopic (exact) mass is 221 g/mol. The van der Waals surface area contributed by atoms with Crippen molar-refractivity contribution in [1.82, 2.24) is 19.7 Å². The van der Waals surface area contributed by atoms with Crippen LogP contribution in [-0.4, -0.2) is 37.0 Å². The molecule has 0 saturated heterocycles. The van der Waals surface area contributed by atoms with Gasteiger partial charge in [0.2, 0.25) is 0 Å². The van der Waals surface area contributed by atoms with Crippen LogP contribution in [0.25, 0.3) is 11.0 Å². The van der Waals surface area contributed by atoms with Gasteiger partial charge >= 0.3 is 0 Å². The van der Waals surface area contributed by atoms with E-state index < -0.39 is 5.60 Å². The van der Waals surface area contributed by atoms with Gasteiger partial charge in [0, 0.05) is 13.6 Å². The zero-order chi connectivity index (χ0) is 11.8. The van der Waals surface area contributed by atoms with E-state index in [1.54, 1.807) is 24.7 Å². The summed E-state index contributed by atoms with van der Waals surface area (Å²) < 4.78 is 1.69. The van der Waals surface area contributed by atoms with Crippen molar-refractivity contribution >= 4 is 16.9 Å². The molecular weight excluding hydrogens is 206 g/mol. The first-order chi connectivity index (χ1) is 7.47. The van der Waals surface area contributed by atoms with E-state index in [-0.39, 0.29) is 0 Å². The molecule has 2 N–H and O–H groups in total. The molecule has 0 amide bonds. The maximum atomic E-state index is 9.63. The van der Waals surface area contributed by atoms with Gasteiger partial charge in [0.05, 0.1) is 17.2 Å². The Morgan fingerprint density at radius 3 is 2.88 bits per heavy atom. The molecule has 0 saturated carbocycles. The van der Waals surface area contributed by atoms with Crippen LogP contribution in [0.5, 0.6) is 0 Å². The van der Waals surface area contributed by atoms with Crippen molar-refractivity contribution in [2.45, 2.75) is 19.4 Å². The summed E-state index contributed by atoms with van der Waals surface area (Å²) in [4.78, 5) is 8.27. The van der Waals surface area contributed by atoms with E-state index in [9.17, 15) is 5.11 Å². The largest absolute Gasteiger partial charge is 0.389 e. The molecule has 0 aliphatic rings. The van der Waals surface area contributed by atoms with Crippen molar-refractivity contribution in [1.29, 1.82) is 0 Å². The SMILES string of the molecule is Cn1ncc2c(NCC(C)(C)O)ncnc21. The lowest BCUT2D eigenvalue weighted by molar-refractivity contribution is 0.0944. The highest BCUT2D eigenvalue weighted by Crippen LogP contribution is 2.18. The van der Waals surface area contributed by atoms with Crippen LogP contribution >= 0.6 is 0 Å². The number of anilines is 1. The molecule has 0 radical (unpaired) electrons. The molecule has 16 heavy (non-hydrogen) atoms. The number of hydrogen-bond acceptors (Lipinski definition) is 5. The molecule has 0 aromatic carbocycles. The third-order valence-electron chi connectivity index (χ3n) is 2.22. The van der Waals surface area contributed by atoms with E-state index in [0.29, 0.717) is 12.4 Å². The van der Waals surface area contributed by atoms with Gasteiger partial charge in [0.1, 0.15) is 12.1 Å². The van der Waals surface area contributed by atoms with Crippen LogP contribution in [0.4, 0.5) is 5.82 Å². The van der Waals surface area contributed by atoms with Gasteiger partial charge < -0.3 is 10.4 Å². The van der Waals surface area contributed by atoms with Crippen molar-refractivity contribution < 1.29 is 5.11 Å². The van der Waals surface area contributed by atoms with Gasteiger partial charge in [-0.1, -0.05) is 0 Å². The maximum Gasteiger partial charge on any atom is 0.163 e. The van der Waals surface area contributed by atoms with Gasteiger partial charge in [-0.15, -0.1) is 0 Å². The molecule has 0 fully saturated rings. The van der Waals surface area contributed by atoms with Crippen molar-refractivity contribution in [3.05, 3.63) is 12.5 Å². The van der Waals surface area contributed by atoms with Gasteiger partial charge in [-0.3, -0.25) is 4.68 Å². The number of nitrogens with zero attached hydrogens (tertiary/aromatic N) is 4. The summed E-state index contributed by atoms with van der Waals surface area (Å²) in [5, 5.41) is 17.7. The molecule has 2 rings (SSSR count). The van der Waals surface area contributed by atoms with E-state index in [1.165, 1.54) is 6.33 Å². The number of nitrogens with one attached hydrogen (secondary N) is 1. The predicted molar refractivity (Wildman–Crippen MR) is 61.1 cm³/mol. The Morgan fingerprint density at radius 2 is 2.19 bits per heavy atom. The first kappa shape index (κ1) is 10.8. The highest BCUT2D eigenvalue weighted by atomic mass is 16.3. The minimum atomic E-state index is -0.778. The standard InChI is InChI=1S/C10H15N5O/c1-10(2,16)5-11-8-7-4-14-15(3)9(7)13-6-12-8/h4,6,16H,5H2,1-3H3,(H,11,12,13). The van der Waals surface area contributed by atoms with Crippen molar-refractivity contribution in [3.8, 4) is 0 Å². The fourth-order valence-electron chi connectivity index (χ4n) is 1.40. The zero-order valence-corrected chi connectivity index (χ0v) is 9.60. The van der Waals surface area contributed by atoms with E-state index in [2.05, 4.69) is 20.4 Å². The molecule has 0 aliphatic carbocycles. The summed E-state index contributed by atoms with van der Waals surface area (Å²) in [6.45, 7) is 3.90. The molecule has 2 aromatic rings. The number of rotatable bonds is 3. The Morgan fingerprint density at radius 1 is 1.44 bits per heavy atom. The van der Waals surface area contributed by atoms with Crippen LogP contribution in [0.3, 0.4) is 0 Å². The summed E-state index contributed by atoms with van der Waals surface area (Å²) in [5.41, 5.74) is -0.00677. The van der Waals surface area contributed by atoms with Gasteiger partial charge in [0.25, 0.3) is 0 Å². The smallest absolute Gasteiger partial charge is 0.163 e. The second-order valence-electron chi connectivity index (χ2n) is 4.39. The third-order valence-corrected chi connectivity index (χ3v) is 2.22. The molecule has 2 heterocycles. The van der Waals surface area contributed by atoms with E-state index in [0.717, 1.165) is 11.0 Å². The molecular formula is C10H15N5O. The quantitative estimate of drug-likeness (QED) is 0.791. The Labute approximate surface area is 93.3 Å². The van der Waals surface area contributed by atoms with Crippen LogP contribution in [0.15, 0.2) is 12.5 Å². The lowest BCUT2D eigenvalue weighted by atomic mass is 10.1. The van der Waals surface area contributed by atoms with Crippen LogP contribution in [-0.2, 0) is 7.05 Å². The third kappa shape index (κ3) is 2.11. The van der Waals surface area contributed by atoms with Gasteiger partial charge in [0.15, 0.2) is 5.65 Å². The maximum absolute atomic E-state index is 9.63. The number of aryl methyl sites for hydroxylation is 1. The van der Waals surface area contributed by atoms with Gasteiger partial charge in [-0.05, 0) is 13.8 Å². The highest BCUT2D eigenvalue weighted by molar-refractivity contribution is 5.85. The van der Waals surface area contributed by atoms with Crippen molar-refractivity contribution in [2.24, 2.45) is 7.05 Å². The summed E-state index contributed by atoms with van der Waals surface area (Å²) in [6.07, 6.45) is 3.19. The van der Waals surface area contributed by atoms with Crippen molar-refractivity contribution in [3.63, 3.8) is 0 Å². The summed E-state index contributed by atoms with van der Waals surface area (Å²) in [7, 11) is 1.83. The molecule has 2 aromatic heterocycles. The van der Waals surface area contributed by atoms with Crippen LogP contribution in [0, 0.1) is 0 Å². The first-order valence-electron chi connectivity index (χ1n) is 5.06. The van der Waals surface area contributed by atoms with Crippen LogP contribution < -0.4 is 5.32 Å². The summed E-state index contributed by atoms with van der Waals surface area (Å²) >= 11 is 0. The fourth-order valence-corrected chi connectivity index (χ4v) is 1.40. The van der Waals surface area contributed by atoms with Crippen LogP contribution in [0.2, 0.25) is 0 Å². The molecule has 0 unspecified atom stereocenters. The van der Waals surface area contributed by atoms with E-state index in [4.69, 9.17) is 0 Å². The molecule has 0 atom stereocenters. The van der Waals surface area contributed by atoms with Crippen LogP contribution in [0.1, 0.15) is 13.8 Å². The second-order valence-corrected chi connectivity index (χ2v) is 4.39. The number of aliphatic hydroxyl groups is 1. The minimum absolute atomic E-state index is 0.425. The number of hydrogen-bond donors (Lipinski definition) is 2. The average molecular weight is 221 g/mol. The molecule has 6 nitrogen and oxygen atoms in total. The fraction of sp³-hybridized carbons (Fsp3) is 0.500. The summed E-state index contributed by atoms with van der Waals surface area (Å²) in [6, 6.07) is 0. The lowest BCUT2D eigenvalue weighted by Gasteiger charge is -2.18. The first-order valence-corrected chi connectivity index (χ1v) is 5.06. The van der Waals surface area contributed by atoms with E-state index >= 15 is 0 Å². The topological polar surface area (TPSA) is 75.9 Å². The van der Waals surface area contributed by atoms with Gasteiger partial charge in [-0.25, -0.2) is 9.97 Å². The van der Waals surface area contributed by atoms with Gasteiger partial charge in [-0.2, -0.15) is 5.10 Å². The molecule has 0 bridgehead atoms. The normalized spacial score (nSPS) is 12.0. The molecule has 86 valence electrons. The number of fused-ring (bicyclic) bond motifs is 1. The Kier molecular flexibility index (Phi) is 2.51. The average Bonchev–Trinajstić information content (AvgIpc) is 2.57. The zero-order valence-electron chi connectivity index (χ0n) is 9.60. The second kappa shape index (κ2) is 3.71. The lowest BCUT2D eigenvalue weighted by Crippen LogP contribution is -2.29. The van der Waals surface area contributed by atoms with E-state index in [1.807, 2.05) is 7.05 Å². The van der Waals surface area contributed by atoms with Crippen molar-refractivity contribution in [2.75, 3.05) is 11.9 Å². The Hall–Kier alpha value is -1.69.